The standard InChI is InChI=1S/C12H11ClN4O2/c1-19-12(18)9-2-7(14)3-10(13)11(9)17-8-4-15-6-16-5-8/h2-6,17H,14H2,1H3. The molecule has 0 aliphatic heterocycles. The Morgan fingerprint density at radius 2 is 2.05 bits per heavy atom. The molecule has 1 heterocycles. The topological polar surface area (TPSA) is 90.1 Å². The molecular formula is C12H11ClN4O2. The zero-order chi connectivity index (χ0) is 13.8. The Balaban J connectivity index is 2.46. The minimum absolute atomic E-state index is 0.247. The summed E-state index contributed by atoms with van der Waals surface area (Å²) in [5.74, 6) is -0.534. The summed E-state index contributed by atoms with van der Waals surface area (Å²) in [4.78, 5) is 19.5. The number of rotatable bonds is 3. The third-order valence-electron chi connectivity index (χ3n) is 2.35. The van der Waals surface area contributed by atoms with Gasteiger partial charge in [-0.05, 0) is 12.1 Å². The van der Waals surface area contributed by atoms with E-state index in [1.165, 1.54) is 19.5 Å². The van der Waals surface area contributed by atoms with Crippen LogP contribution in [0.1, 0.15) is 10.4 Å². The largest absolute Gasteiger partial charge is 0.465 e. The maximum atomic E-state index is 11.7. The van der Waals surface area contributed by atoms with E-state index in [0.717, 1.165) is 0 Å². The number of carbonyl (C=O) groups excluding carboxylic acids is 1. The fourth-order valence-electron chi connectivity index (χ4n) is 1.53. The zero-order valence-electron chi connectivity index (χ0n) is 10.1. The van der Waals surface area contributed by atoms with E-state index in [2.05, 4.69) is 15.3 Å². The highest BCUT2D eigenvalue weighted by molar-refractivity contribution is 6.34. The number of nitrogens with zero attached hydrogens (tertiary/aromatic N) is 2. The molecule has 0 spiro atoms. The van der Waals surface area contributed by atoms with E-state index in [-0.39, 0.29) is 5.56 Å². The molecule has 3 N–H and O–H groups in total. The van der Waals surface area contributed by atoms with Crippen LogP contribution in [0.5, 0.6) is 0 Å². The number of carbonyl (C=O) groups is 1. The molecule has 1 aromatic heterocycles. The van der Waals surface area contributed by atoms with Gasteiger partial charge in [0.05, 0.1) is 41.5 Å². The van der Waals surface area contributed by atoms with E-state index < -0.39 is 5.97 Å². The number of nitrogen functional groups attached to an aromatic ring is 1. The molecule has 1 aromatic carbocycles. The van der Waals surface area contributed by atoms with Crippen molar-refractivity contribution in [3.8, 4) is 0 Å². The minimum Gasteiger partial charge on any atom is -0.465 e. The Morgan fingerprint density at radius 3 is 2.68 bits per heavy atom. The lowest BCUT2D eigenvalue weighted by Crippen LogP contribution is -2.07. The first kappa shape index (κ1) is 13.1. The summed E-state index contributed by atoms with van der Waals surface area (Å²) in [6.45, 7) is 0. The van der Waals surface area contributed by atoms with Gasteiger partial charge in [-0.15, -0.1) is 0 Å². The van der Waals surface area contributed by atoms with Crippen molar-refractivity contribution in [3.63, 3.8) is 0 Å². The average molecular weight is 279 g/mol. The summed E-state index contributed by atoms with van der Waals surface area (Å²) in [5, 5.41) is 3.28. The molecule has 19 heavy (non-hydrogen) atoms. The minimum atomic E-state index is -0.534. The van der Waals surface area contributed by atoms with Gasteiger partial charge in [0, 0.05) is 5.69 Å². The molecule has 2 aromatic rings. The first-order valence-electron chi connectivity index (χ1n) is 5.31. The van der Waals surface area contributed by atoms with Crippen molar-refractivity contribution in [1.29, 1.82) is 0 Å². The number of hydrogen-bond acceptors (Lipinski definition) is 6. The predicted octanol–water partition coefficient (Wildman–Crippen LogP) is 2.24. The second kappa shape index (κ2) is 5.53. The summed E-state index contributed by atoms with van der Waals surface area (Å²) in [5.41, 5.74) is 7.29. The fourth-order valence-corrected chi connectivity index (χ4v) is 1.81. The van der Waals surface area contributed by atoms with Gasteiger partial charge in [0.2, 0.25) is 0 Å². The van der Waals surface area contributed by atoms with Crippen molar-refractivity contribution in [3.05, 3.63) is 41.4 Å². The second-order valence-electron chi connectivity index (χ2n) is 3.67. The number of esters is 1. The highest BCUT2D eigenvalue weighted by Gasteiger charge is 2.16. The van der Waals surface area contributed by atoms with Crippen LogP contribution in [-0.2, 0) is 4.74 Å². The Hall–Kier alpha value is -2.34. The summed E-state index contributed by atoms with van der Waals surface area (Å²) in [7, 11) is 1.29. The average Bonchev–Trinajstić information content (AvgIpc) is 2.42. The maximum Gasteiger partial charge on any atom is 0.340 e. The number of nitrogens with two attached hydrogens (primary N) is 1. The Labute approximate surface area is 114 Å². The van der Waals surface area contributed by atoms with Crippen molar-refractivity contribution in [2.75, 3.05) is 18.2 Å². The van der Waals surface area contributed by atoms with E-state index in [0.29, 0.717) is 22.1 Å². The molecule has 0 amide bonds. The van der Waals surface area contributed by atoms with Gasteiger partial charge in [0.25, 0.3) is 0 Å². The van der Waals surface area contributed by atoms with Crippen molar-refractivity contribution in [1.82, 2.24) is 9.97 Å². The van der Waals surface area contributed by atoms with Crippen LogP contribution in [0.25, 0.3) is 0 Å². The summed E-state index contributed by atoms with van der Waals surface area (Å²) >= 11 is 6.09. The van der Waals surface area contributed by atoms with Crippen molar-refractivity contribution < 1.29 is 9.53 Å². The van der Waals surface area contributed by atoms with Crippen LogP contribution < -0.4 is 11.1 Å². The van der Waals surface area contributed by atoms with Crippen LogP contribution in [0.4, 0.5) is 17.1 Å². The normalized spacial score (nSPS) is 10.0. The van der Waals surface area contributed by atoms with Crippen molar-refractivity contribution >= 4 is 34.6 Å². The number of hydrogen-bond donors (Lipinski definition) is 2. The molecule has 2 rings (SSSR count). The van der Waals surface area contributed by atoms with Gasteiger partial charge in [0.1, 0.15) is 6.33 Å². The van der Waals surface area contributed by atoms with Gasteiger partial charge in [-0.25, -0.2) is 14.8 Å². The highest BCUT2D eigenvalue weighted by atomic mass is 35.5. The lowest BCUT2D eigenvalue weighted by molar-refractivity contribution is 0.0602. The molecule has 0 bridgehead atoms. The Kier molecular flexibility index (Phi) is 3.82. The van der Waals surface area contributed by atoms with E-state index in [1.54, 1.807) is 18.5 Å². The quantitative estimate of drug-likeness (QED) is 0.661. The zero-order valence-corrected chi connectivity index (χ0v) is 10.8. The van der Waals surface area contributed by atoms with Crippen molar-refractivity contribution in [2.24, 2.45) is 0 Å². The van der Waals surface area contributed by atoms with Crippen LogP contribution in [-0.4, -0.2) is 23.0 Å². The summed E-state index contributed by atoms with van der Waals surface area (Å²) < 4.78 is 4.70. The summed E-state index contributed by atoms with van der Waals surface area (Å²) in [6.07, 6.45) is 4.51. The highest BCUT2D eigenvalue weighted by Crippen LogP contribution is 2.31. The molecule has 0 aliphatic rings. The van der Waals surface area contributed by atoms with E-state index in [9.17, 15) is 4.79 Å². The van der Waals surface area contributed by atoms with Gasteiger partial charge in [-0.3, -0.25) is 0 Å². The molecule has 6 nitrogen and oxygen atoms in total. The first-order valence-corrected chi connectivity index (χ1v) is 5.69. The molecule has 0 atom stereocenters. The summed E-state index contributed by atoms with van der Waals surface area (Å²) in [6, 6.07) is 3.03. The number of benzene rings is 1. The molecule has 0 saturated carbocycles. The maximum absolute atomic E-state index is 11.7. The van der Waals surface area contributed by atoms with Crippen LogP contribution in [0.15, 0.2) is 30.9 Å². The molecule has 0 unspecified atom stereocenters. The lowest BCUT2D eigenvalue weighted by Gasteiger charge is -2.13. The number of ether oxygens (including phenoxy) is 1. The van der Waals surface area contributed by atoms with Crippen LogP contribution in [0.3, 0.4) is 0 Å². The van der Waals surface area contributed by atoms with Gasteiger partial charge in [-0.2, -0.15) is 0 Å². The molecule has 98 valence electrons. The SMILES string of the molecule is COC(=O)c1cc(N)cc(Cl)c1Nc1cncnc1. The van der Waals surface area contributed by atoms with Gasteiger partial charge < -0.3 is 15.8 Å². The number of nitrogens with one attached hydrogen (secondary N) is 1. The van der Waals surface area contributed by atoms with Gasteiger partial charge in [-0.1, -0.05) is 11.6 Å². The molecule has 0 radical (unpaired) electrons. The lowest BCUT2D eigenvalue weighted by atomic mass is 10.1. The fraction of sp³-hybridized carbons (Fsp3) is 0.0833. The molecule has 0 fully saturated rings. The third-order valence-corrected chi connectivity index (χ3v) is 2.65. The molecule has 7 heteroatoms. The third kappa shape index (κ3) is 2.92. The van der Waals surface area contributed by atoms with Crippen LogP contribution >= 0.6 is 11.6 Å². The molecular weight excluding hydrogens is 268 g/mol. The van der Waals surface area contributed by atoms with Gasteiger partial charge >= 0.3 is 5.97 Å². The van der Waals surface area contributed by atoms with E-state index in [4.69, 9.17) is 22.1 Å². The van der Waals surface area contributed by atoms with E-state index >= 15 is 0 Å². The number of anilines is 3. The predicted molar refractivity (Wildman–Crippen MR) is 72.5 cm³/mol. The van der Waals surface area contributed by atoms with Crippen LogP contribution in [0, 0.1) is 0 Å². The second-order valence-corrected chi connectivity index (χ2v) is 4.08. The molecule has 0 aliphatic carbocycles. The molecule has 0 saturated heterocycles. The Bertz CT molecular complexity index is 604. The Morgan fingerprint density at radius 1 is 1.37 bits per heavy atom. The number of methoxy groups -OCH3 is 1. The number of halogens is 1. The first-order chi connectivity index (χ1) is 9.11. The van der Waals surface area contributed by atoms with Crippen molar-refractivity contribution in [2.45, 2.75) is 0 Å². The smallest absolute Gasteiger partial charge is 0.340 e. The number of aromatic nitrogens is 2. The van der Waals surface area contributed by atoms with Gasteiger partial charge in [0.15, 0.2) is 0 Å². The van der Waals surface area contributed by atoms with E-state index in [1.807, 2.05) is 0 Å². The van der Waals surface area contributed by atoms with Crippen LogP contribution in [0.2, 0.25) is 5.02 Å². The monoisotopic (exact) mass is 278 g/mol.